The lowest BCUT2D eigenvalue weighted by molar-refractivity contribution is -1.02. The molecule has 2 saturated heterocycles. The molecule has 2 heterocycles. The van der Waals surface area contributed by atoms with E-state index in [2.05, 4.69) is 0 Å². The third-order valence-corrected chi connectivity index (χ3v) is 4.75. The summed E-state index contributed by atoms with van der Waals surface area (Å²) in [6.45, 7) is 3.21. The van der Waals surface area contributed by atoms with E-state index in [4.69, 9.17) is 5.73 Å². The molecule has 1 aromatic carbocycles. The van der Waals surface area contributed by atoms with Crippen molar-refractivity contribution in [3.63, 3.8) is 0 Å². The lowest BCUT2D eigenvalue weighted by Gasteiger charge is -2.31. The van der Waals surface area contributed by atoms with E-state index in [0.717, 1.165) is 27.8 Å². The van der Waals surface area contributed by atoms with Crippen molar-refractivity contribution in [2.45, 2.75) is 12.5 Å². The monoisotopic (exact) mass is 336 g/mol. The van der Waals surface area contributed by atoms with Crippen LogP contribution in [0.25, 0.3) is 0 Å². The number of nitrogens with one attached hydrogen (secondary N) is 2. The molecule has 3 rings (SSSR count). The highest BCUT2D eigenvalue weighted by atomic mass is 19.1. The molecule has 0 bridgehead atoms. The zero-order valence-corrected chi connectivity index (χ0v) is 13.3. The molecule has 0 unspecified atom stereocenters. The van der Waals surface area contributed by atoms with Crippen LogP contribution in [0, 0.1) is 5.82 Å². The summed E-state index contributed by atoms with van der Waals surface area (Å²) in [5.74, 6) is -1.23. The molecule has 4 N–H and O–H groups in total. The summed E-state index contributed by atoms with van der Waals surface area (Å²) < 4.78 is 13.0. The number of rotatable bonds is 4. The molecule has 0 aliphatic carbocycles. The summed E-state index contributed by atoms with van der Waals surface area (Å²) in [6.07, 6.45) is 0.163. The number of carbonyl (C=O) groups excluding carboxylic acids is 3. The molecule has 0 spiro atoms. The minimum atomic E-state index is -0.409. The number of imide groups is 1. The molecule has 0 aromatic heterocycles. The summed E-state index contributed by atoms with van der Waals surface area (Å²) in [6, 6.07) is 4.96. The topological polar surface area (TPSA) is 89.3 Å². The van der Waals surface area contributed by atoms with Crippen molar-refractivity contribution in [3.05, 3.63) is 30.1 Å². The Bertz CT molecular complexity index is 656. The van der Waals surface area contributed by atoms with Gasteiger partial charge in [0.25, 0.3) is 11.8 Å². The summed E-state index contributed by atoms with van der Waals surface area (Å²) in [4.78, 5) is 39.2. The maximum Gasteiger partial charge on any atom is 0.292 e. The molecule has 1 atom stereocenters. The zero-order chi connectivity index (χ0) is 17.3. The van der Waals surface area contributed by atoms with Crippen molar-refractivity contribution in [3.8, 4) is 0 Å². The van der Waals surface area contributed by atoms with Gasteiger partial charge in [-0.05, 0) is 24.3 Å². The van der Waals surface area contributed by atoms with Gasteiger partial charge in [-0.3, -0.25) is 14.4 Å². The van der Waals surface area contributed by atoms with Crippen LogP contribution in [-0.4, -0.2) is 56.5 Å². The Hall–Kier alpha value is -2.32. The molecule has 3 amide bonds. The second-order valence-electron chi connectivity index (χ2n) is 6.35. The Morgan fingerprint density at radius 2 is 1.79 bits per heavy atom. The van der Waals surface area contributed by atoms with E-state index in [9.17, 15) is 18.8 Å². The number of hydrogen-bond donors (Lipinski definition) is 3. The summed E-state index contributed by atoms with van der Waals surface area (Å²) in [5.41, 5.74) is 5.62. The Balaban J connectivity index is 1.66. The van der Waals surface area contributed by atoms with Gasteiger partial charge in [0.15, 0.2) is 12.6 Å². The lowest BCUT2D eigenvalue weighted by Crippen LogP contribution is -3.30. The molecule has 2 fully saturated rings. The first-order valence-corrected chi connectivity index (χ1v) is 8.04. The molecular formula is C16H21FN4O3+2. The number of piperazine rings is 1. The number of amides is 3. The van der Waals surface area contributed by atoms with Gasteiger partial charge >= 0.3 is 0 Å². The molecule has 2 aliphatic rings. The van der Waals surface area contributed by atoms with Crippen LogP contribution in [0.3, 0.4) is 0 Å². The standard InChI is InChI=1S/C16H19FN4O3/c17-11-1-3-12(4-2-11)21-15(23)9-13(16(21)24)20-7-5-19(6-8-20)10-14(18)22/h1-4,13H,5-10H2,(H2,18,22)/p+2/t13-/m0/s1. The molecule has 1 aromatic rings. The average Bonchev–Trinajstić information content (AvgIpc) is 2.83. The minimum Gasteiger partial charge on any atom is -0.365 e. The summed E-state index contributed by atoms with van der Waals surface area (Å²) in [5, 5.41) is 0. The van der Waals surface area contributed by atoms with E-state index >= 15 is 0 Å². The Kier molecular flexibility index (Phi) is 4.59. The maximum atomic E-state index is 13.0. The molecule has 7 nitrogen and oxygen atoms in total. The van der Waals surface area contributed by atoms with Crippen molar-refractivity contribution in [1.82, 2.24) is 0 Å². The van der Waals surface area contributed by atoms with E-state index < -0.39 is 11.9 Å². The second-order valence-corrected chi connectivity index (χ2v) is 6.35. The number of anilines is 1. The first-order valence-electron chi connectivity index (χ1n) is 8.04. The summed E-state index contributed by atoms with van der Waals surface area (Å²) in [7, 11) is 0. The van der Waals surface area contributed by atoms with Gasteiger partial charge in [-0.2, -0.15) is 0 Å². The van der Waals surface area contributed by atoms with Gasteiger partial charge < -0.3 is 15.5 Å². The fraction of sp³-hybridized carbons (Fsp3) is 0.438. The second kappa shape index (κ2) is 6.66. The number of quaternary nitrogens is 2. The lowest BCUT2D eigenvalue weighted by atomic mass is 10.1. The van der Waals surface area contributed by atoms with Crippen molar-refractivity contribution < 1.29 is 28.6 Å². The van der Waals surface area contributed by atoms with Gasteiger partial charge in [-0.1, -0.05) is 0 Å². The average molecular weight is 336 g/mol. The zero-order valence-electron chi connectivity index (χ0n) is 13.3. The van der Waals surface area contributed by atoms with Crippen molar-refractivity contribution in [2.75, 3.05) is 37.6 Å². The fourth-order valence-electron chi connectivity index (χ4n) is 3.51. The molecule has 8 heteroatoms. The molecule has 24 heavy (non-hydrogen) atoms. The molecule has 128 valence electrons. The first-order chi connectivity index (χ1) is 11.5. The van der Waals surface area contributed by atoms with E-state index in [1.807, 2.05) is 0 Å². The van der Waals surface area contributed by atoms with Gasteiger partial charge in [0, 0.05) is 0 Å². The number of halogens is 1. The number of nitrogens with two attached hydrogens (primary N) is 1. The van der Waals surface area contributed by atoms with Gasteiger partial charge in [-0.15, -0.1) is 0 Å². The number of nitrogens with zero attached hydrogens (tertiary/aromatic N) is 1. The Morgan fingerprint density at radius 3 is 2.38 bits per heavy atom. The summed E-state index contributed by atoms with van der Waals surface area (Å²) >= 11 is 0. The predicted molar refractivity (Wildman–Crippen MR) is 82.8 cm³/mol. The van der Waals surface area contributed by atoms with E-state index in [0.29, 0.717) is 25.3 Å². The van der Waals surface area contributed by atoms with Crippen LogP contribution in [0.5, 0.6) is 0 Å². The number of benzene rings is 1. The highest BCUT2D eigenvalue weighted by Crippen LogP contribution is 2.22. The van der Waals surface area contributed by atoms with Gasteiger partial charge in [0.2, 0.25) is 5.91 Å². The van der Waals surface area contributed by atoms with Crippen molar-refractivity contribution >= 4 is 23.4 Å². The van der Waals surface area contributed by atoms with Gasteiger partial charge in [0.05, 0.1) is 12.1 Å². The SMILES string of the molecule is NC(=O)C[NH+]1CC[NH+]([C@H]2CC(=O)N(c3ccc(F)cc3)C2=O)CC1. The van der Waals surface area contributed by atoms with Gasteiger partial charge in [0.1, 0.15) is 32.0 Å². The largest absolute Gasteiger partial charge is 0.365 e. The van der Waals surface area contributed by atoms with Crippen LogP contribution in [-0.2, 0) is 14.4 Å². The van der Waals surface area contributed by atoms with Crippen LogP contribution in [0.1, 0.15) is 6.42 Å². The molecule has 0 radical (unpaired) electrons. The number of hydrogen-bond acceptors (Lipinski definition) is 3. The van der Waals surface area contributed by atoms with Crippen LogP contribution in [0.4, 0.5) is 10.1 Å². The normalized spacial score (nSPS) is 27.5. The quantitative estimate of drug-likeness (QED) is 0.504. The Morgan fingerprint density at radius 1 is 1.17 bits per heavy atom. The molecular weight excluding hydrogens is 315 g/mol. The third-order valence-electron chi connectivity index (χ3n) is 4.75. The molecule has 2 aliphatic heterocycles. The van der Waals surface area contributed by atoms with Crippen LogP contribution < -0.4 is 20.4 Å². The van der Waals surface area contributed by atoms with Crippen LogP contribution in [0.15, 0.2) is 24.3 Å². The smallest absolute Gasteiger partial charge is 0.292 e. The highest BCUT2D eigenvalue weighted by Gasteiger charge is 2.46. The fourth-order valence-corrected chi connectivity index (χ4v) is 3.51. The predicted octanol–water partition coefficient (Wildman–Crippen LogP) is -3.27. The van der Waals surface area contributed by atoms with Crippen LogP contribution >= 0.6 is 0 Å². The molecule has 0 saturated carbocycles. The van der Waals surface area contributed by atoms with E-state index in [1.165, 1.54) is 24.3 Å². The third kappa shape index (κ3) is 3.29. The Labute approximate surface area is 138 Å². The van der Waals surface area contributed by atoms with E-state index in [1.54, 1.807) is 0 Å². The minimum absolute atomic E-state index is 0.163. The first kappa shape index (κ1) is 16.5. The maximum absolute atomic E-state index is 13.0. The van der Waals surface area contributed by atoms with E-state index in [-0.39, 0.29) is 24.1 Å². The van der Waals surface area contributed by atoms with Crippen molar-refractivity contribution in [1.29, 1.82) is 0 Å². The van der Waals surface area contributed by atoms with Crippen molar-refractivity contribution in [2.24, 2.45) is 5.73 Å². The number of primary amides is 1. The highest BCUT2D eigenvalue weighted by molar-refractivity contribution is 6.21. The van der Waals surface area contributed by atoms with Gasteiger partial charge in [-0.25, -0.2) is 9.29 Å². The number of carbonyl (C=O) groups is 3. The van der Waals surface area contributed by atoms with Crippen LogP contribution in [0.2, 0.25) is 0 Å².